The third-order valence-corrected chi connectivity index (χ3v) is 4.38. The lowest BCUT2D eigenvalue weighted by Gasteiger charge is -2.03. The highest BCUT2D eigenvalue weighted by Crippen LogP contribution is 2.25. The molecule has 0 aliphatic carbocycles. The van der Waals surface area contributed by atoms with Gasteiger partial charge >= 0.3 is 0 Å². The Morgan fingerprint density at radius 3 is 2.67 bits per heavy atom. The number of rotatable bonds is 6. The summed E-state index contributed by atoms with van der Waals surface area (Å²) < 4.78 is 0.693. The van der Waals surface area contributed by atoms with Crippen LogP contribution in [0.4, 0.5) is 16.5 Å². The van der Waals surface area contributed by atoms with E-state index in [-0.39, 0.29) is 17.3 Å². The fourth-order valence-corrected chi connectivity index (χ4v) is 2.87. The molecule has 0 unspecified atom stereocenters. The predicted octanol–water partition coefficient (Wildman–Crippen LogP) is 2.22. The molecule has 2 N–H and O–H groups in total. The van der Waals surface area contributed by atoms with E-state index >= 15 is 0 Å². The maximum Gasteiger partial charge on any atom is 0.269 e. The van der Waals surface area contributed by atoms with Gasteiger partial charge in [-0.15, -0.1) is 10.2 Å². The molecule has 1 heterocycles. The summed E-state index contributed by atoms with van der Waals surface area (Å²) in [6, 6.07) is 5.66. The topological polar surface area (TPSA) is 110 Å². The first-order valence-electron chi connectivity index (χ1n) is 5.77. The summed E-state index contributed by atoms with van der Waals surface area (Å²) in [5, 5.41) is 24.5. The average Bonchev–Trinajstić information content (AvgIpc) is 2.94. The molecule has 1 aromatic heterocycles. The van der Waals surface area contributed by atoms with Gasteiger partial charge in [-0.25, -0.2) is 0 Å². The lowest BCUT2D eigenvalue weighted by Crippen LogP contribution is -2.13. The molecule has 0 saturated heterocycles. The van der Waals surface area contributed by atoms with Gasteiger partial charge in [0.1, 0.15) is 0 Å². The number of thioether (sulfide) groups is 1. The predicted molar refractivity (Wildman–Crippen MR) is 81.9 cm³/mol. The van der Waals surface area contributed by atoms with E-state index < -0.39 is 4.92 Å². The summed E-state index contributed by atoms with van der Waals surface area (Å²) in [4.78, 5) is 21.8. The van der Waals surface area contributed by atoms with Crippen molar-refractivity contribution < 1.29 is 9.72 Å². The zero-order valence-electron chi connectivity index (χ0n) is 10.9. The summed E-state index contributed by atoms with van der Waals surface area (Å²) in [5.74, 6) is -0.0231. The van der Waals surface area contributed by atoms with E-state index in [0.29, 0.717) is 15.2 Å². The van der Waals surface area contributed by atoms with Crippen molar-refractivity contribution >= 4 is 45.5 Å². The molecule has 0 spiro atoms. The van der Waals surface area contributed by atoms with E-state index in [0.717, 1.165) is 0 Å². The quantitative estimate of drug-likeness (QED) is 0.476. The number of hydrogen-bond donors (Lipinski definition) is 2. The highest BCUT2D eigenvalue weighted by Gasteiger charge is 2.09. The first-order valence-corrected chi connectivity index (χ1v) is 7.57. The fourth-order valence-electron chi connectivity index (χ4n) is 1.36. The van der Waals surface area contributed by atoms with Gasteiger partial charge < -0.3 is 10.6 Å². The largest absolute Gasteiger partial charge is 0.363 e. The summed E-state index contributed by atoms with van der Waals surface area (Å²) in [6.45, 7) is 0. The van der Waals surface area contributed by atoms with Gasteiger partial charge in [0.2, 0.25) is 11.0 Å². The van der Waals surface area contributed by atoms with Crippen molar-refractivity contribution in [1.82, 2.24) is 10.2 Å². The van der Waals surface area contributed by atoms with Crippen molar-refractivity contribution in [3.63, 3.8) is 0 Å². The first-order chi connectivity index (χ1) is 10.1. The fraction of sp³-hybridized carbons (Fsp3) is 0.182. The Bertz CT molecular complexity index is 644. The van der Waals surface area contributed by atoms with Crippen LogP contribution in [0.5, 0.6) is 0 Å². The van der Waals surface area contributed by atoms with Gasteiger partial charge in [-0.3, -0.25) is 14.9 Å². The smallest absolute Gasteiger partial charge is 0.269 e. The molecule has 0 saturated carbocycles. The van der Waals surface area contributed by atoms with Crippen LogP contribution < -0.4 is 10.6 Å². The number of nitro benzene ring substituents is 1. The molecule has 1 amide bonds. The van der Waals surface area contributed by atoms with Gasteiger partial charge in [-0.1, -0.05) is 23.1 Å². The molecule has 8 nitrogen and oxygen atoms in total. The minimum absolute atomic E-state index is 0.0178. The van der Waals surface area contributed by atoms with Crippen molar-refractivity contribution in [2.75, 3.05) is 23.4 Å². The second-order valence-corrected chi connectivity index (χ2v) is 5.96. The molecule has 2 aromatic rings. The maximum atomic E-state index is 11.8. The van der Waals surface area contributed by atoms with E-state index in [9.17, 15) is 14.9 Å². The molecule has 1 aromatic carbocycles. The second-order valence-electron chi connectivity index (χ2n) is 3.76. The standard InChI is InChI=1S/C11H11N5O3S2/c1-12-10-14-15-11(21-10)20-6-9(17)13-7-2-4-8(5-3-7)16(18)19/h2-5H,6H2,1H3,(H,12,14)(H,13,17). The summed E-state index contributed by atoms with van der Waals surface area (Å²) in [6.07, 6.45) is 0. The molecule has 21 heavy (non-hydrogen) atoms. The van der Waals surface area contributed by atoms with Gasteiger partial charge in [0, 0.05) is 24.9 Å². The Labute approximate surface area is 128 Å². The van der Waals surface area contributed by atoms with Crippen LogP contribution in [0.1, 0.15) is 0 Å². The van der Waals surface area contributed by atoms with Crippen molar-refractivity contribution in [3.8, 4) is 0 Å². The number of non-ortho nitro benzene ring substituents is 1. The number of carbonyl (C=O) groups excluding carboxylic acids is 1. The minimum Gasteiger partial charge on any atom is -0.363 e. The SMILES string of the molecule is CNc1nnc(SCC(=O)Nc2ccc([N+](=O)[O-])cc2)s1. The lowest BCUT2D eigenvalue weighted by atomic mass is 10.3. The Hall–Kier alpha value is -2.20. The summed E-state index contributed by atoms with van der Waals surface area (Å²) >= 11 is 2.64. The zero-order valence-corrected chi connectivity index (χ0v) is 12.5. The van der Waals surface area contributed by atoms with Crippen LogP contribution in [0.25, 0.3) is 0 Å². The number of anilines is 2. The number of carbonyl (C=O) groups is 1. The number of benzene rings is 1. The number of nitro groups is 1. The van der Waals surface area contributed by atoms with Gasteiger partial charge in [0.05, 0.1) is 10.7 Å². The van der Waals surface area contributed by atoms with Crippen molar-refractivity contribution in [3.05, 3.63) is 34.4 Å². The third-order valence-electron chi connectivity index (χ3n) is 2.31. The van der Waals surface area contributed by atoms with E-state index in [1.54, 1.807) is 7.05 Å². The van der Waals surface area contributed by atoms with Crippen LogP contribution in [-0.2, 0) is 4.79 Å². The van der Waals surface area contributed by atoms with E-state index in [1.165, 1.54) is 47.4 Å². The Morgan fingerprint density at radius 2 is 2.10 bits per heavy atom. The van der Waals surface area contributed by atoms with Crippen LogP contribution >= 0.6 is 23.1 Å². The lowest BCUT2D eigenvalue weighted by molar-refractivity contribution is -0.384. The Kier molecular flexibility index (Phi) is 5.06. The zero-order chi connectivity index (χ0) is 15.2. The van der Waals surface area contributed by atoms with Crippen LogP contribution in [0.3, 0.4) is 0 Å². The van der Waals surface area contributed by atoms with E-state index in [1.807, 2.05) is 0 Å². The van der Waals surface area contributed by atoms with Crippen LogP contribution in [0.2, 0.25) is 0 Å². The molecule has 0 radical (unpaired) electrons. The van der Waals surface area contributed by atoms with Gasteiger partial charge in [0.25, 0.3) is 5.69 Å². The van der Waals surface area contributed by atoms with Crippen LogP contribution in [0.15, 0.2) is 28.6 Å². The van der Waals surface area contributed by atoms with Gasteiger partial charge in [-0.2, -0.15) is 0 Å². The first kappa shape index (κ1) is 15.2. The number of nitrogens with zero attached hydrogens (tertiary/aromatic N) is 3. The monoisotopic (exact) mass is 325 g/mol. The molecule has 110 valence electrons. The Morgan fingerprint density at radius 1 is 1.38 bits per heavy atom. The molecule has 2 rings (SSSR count). The number of aromatic nitrogens is 2. The average molecular weight is 325 g/mol. The third kappa shape index (κ3) is 4.39. The van der Waals surface area contributed by atoms with E-state index in [4.69, 9.17) is 0 Å². The molecule has 0 fully saturated rings. The minimum atomic E-state index is -0.490. The summed E-state index contributed by atoms with van der Waals surface area (Å²) in [5.41, 5.74) is 0.496. The molecule has 0 bridgehead atoms. The Balaban J connectivity index is 1.85. The van der Waals surface area contributed by atoms with Crippen LogP contribution in [-0.4, -0.2) is 33.8 Å². The molecular formula is C11H11N5O3S2. The maximum absolute atomic E-state index is 11.8. The van der Waals surface area contributed by atoms with Crippen LogP contribution in [0, 0.1) is 10.1 Å². The number of amides is 1. The van der Waals surface area contributed by atoms with Gasteiger partial charge in [0.15, 0.2) is 4.34 Å². The van der Waals surface area contributed by atoms with Crippen molar-refractivity contribution in [2.45, 2.75) is 4.34 Å². The highest BCUT2D eigenvalue weighted by atomic mass is 32.2. The van der Waals surface area contributed by atoms with Crippen molar-refractivity contribution in [2.24, 2.45) is 0 Å². The summed E-state index contributed by atoms with van der Waals surface area (Å²) in [7, 11) is 1.75. The van der Waals surface area contributed by atoms with E-state index in [2.05, 4.69) is 20.8 Å². The van der Waals surface area contributed by atoms with Gasteiger partial charge in [-0.05, 0) is 12.1 Å². The molecular weight excluding hydrogens is 314 g/mol. The highest BCUT2D eigenvalue weighted by molar-refractivity contribution is 8.01. The molecule has 0 aliphatic heterocycles. The normalized spacial score (nSPS) is 10.1. The van der Waals surface area contributed by atoms with Crippen molar-refractivity contribution in [1.29, 1.82) is 0 Å². The molecule has 10 heteroatoms. The number of hydrogen-bond acceptors (Lipinski definition) is 8. The molecule has 0 atom stereocenters. The second kappa shape index (κ2) is 6.99. The molecule has 0 aliphatic rings. The number of nitrogens with one attached hydrogen (secondary N) is 2.